The van der Waals surface area contributed by atoms with Gasteiger partial charge in [0.05, 0.1) is 18.7 Å². The molecule has 1 saturated carbocycles. The van der Waals surface area contributed by atoms with Crippen molar-refractivity contribution in [2.24, 2.45) is 0 Å². The van der Waals surface area contributed by atoms with Gasteiger partial charge in [0.1, 0.15) is 11.5 Å². The molecule has 1 amide bonds. The summed E-state index contributed by atoms with van der Waals surface area (Å²) in [4.78, 5) is 31.6. The Hall–Kier alpha value is -3.15. The fraction of sp³-hybridized carbons (Fsp3) is 0.318. The molecule has 1 atom stereocenters. The van der Waals surface area contributed by atoms with Crippen LogP contribution in [0.1, 0.15) is 42.9 Å². The van der Waals surface area contributed by atoms with Crippen molar-refractivity contribution in [2.45, 2.75) is 37.8 Å². The Labute approximate surface area is 163 Å². The van der Waals surface area contributed by atoms with Gasteiger partial charge in [-0.2, -0.15) is 0 Å². The van der Waals surface area contributed by atoms with Gasteiger partial charge < -0.3 is 14.7 Å². The van der Waals surface area contributed by atoms with Gasteiger partial charge in [-0.15, -0.1) is 0 Å². The molecule has 1 aliphatic heterocycles. The lowest BCUT2D eigenvalue weighted by atomic mass is 9.94. The van der Waals surface area contributed by atoms with Crippen LogP contribution >= 0.6 is 0 Å². The largest absolute Gasteiger partial charge is 0.507 e. The van der Waals surface area contributed by atoms with E-state index in [1.165, 1.54) is 0 Å². The zero-order valence-corrected chi connectivity index (χ0v) is 15.7. The second kappa shape index (κ2) is 7.46. The predicted octanol–water partition coefficient (Wildman–Crippen LogP) is 3.45. The average molecular weight is 378 g/mol. The minimum atomic E-state index is -0.644. The summed E-state index contributed by atoms with van der Waals surface area (Å²) in [6.45, 7) is 0. The lowest BCUT2D eigenvalue weighted by Gasteiger charge is -2.30. The number of benzene rings is 1. The molecule has 2 aliphatic rings. The van der Waals surface area contributed by atoms with Crippen LogP contribution in [0, 0.1) is 0 Å². The maximum Gasteiger partial charge on any atom is 0.295 e. The summed E-state index contributed by atoms with van der Waals surface area (Å²) in [5, 5.41) is 10.9. The first-order chi connectivity index (χ1) is 13.6. The summed E-state index contributed by atoms with van der Waals surface area (Å²) < 4.78 is 5.33. The zero-order valence-electron chi connectivity index (χ0n) is 15.7. The minimum Gasteiger partial charge on any atom is -0.507 e. The van der Waals surface area contributed by atoms with Gasteiger partial charge in [0.15, 0.2) is 0 Å². The van der Waals surface area contributed by atoms with Gasteiger partial charge in [0.25, 0.3) is 11.7 Å². The van der Waals surface area contributed by atoms with Crippen molar-refractivity contribution in [3.63, 3.8) is 0 Å². The number of ketones is 1. The highest BCUT2D eigenvalue weighted by atomic mass is 16.5. The Morgan fingerprint density at radius 3 is 2.54 bits per heavy atom. The van der Waals surface area contributed by atoms with E-state index in [4.69, 9.17) is 4.74 Å². The van der Waals surface area contributed by atoms with Crippen molar-refractivity contribution in [1.82, 2.24) is 9.88 Å². The normalized spacial score (nSPS) is 22.0. The number of nitrogens with zero attached hydrogens (tertiary/aromatic N) is 2. The van der Waals surface area contributed by atoms with Crippen molar-refractivity contribution >= 4 is 17.4 Å². The third kappa shape index (κ3) is 3.05. The highest BCUT2D eigenvalue weighted by molar-refractivity contribution is 6.46. The highest BCUT2D eigenvalue weighted by Crippen LogP contribution is 2.43. The number of aromatic nitrogens is 1. The molecule has 1 saturated heterocycles. The monoisotopic (exact) mass is 378 g/mol. The number of Topliss-reactive ketones (excluding diaryl/α,β-unsaturated/α-hetero) is 1. The molecular formula is C22H22N2O4. The van der Waals surface area contributed by atoms with E-state index in [9.17, 15) is 14.7 Å². The second-order valence-electron chi connectivity index (χ2n) is 7.16. The number of hydrogen-bond donors (Lipinski definition) is 1. The van der Waals surface area contributed by atoms with Crippen molar-refractivity contribution in [3.05, 3.63) is 65.5 Å². The average Bonchev–Trinajstić information content (AvgIpc) is 3.35. The number of aliphatic hydroxyl groups is 1. The van der Waals surface area contributed by atoms with Crippen molar-refractivity contribution < 1.29 is 19.4 Å². The van der Waals surface area contributed by atoms with Crippen molar-refractivity contribution in [1.29, 1.82) is 0 Å². The quantitative estimate of drug-likeness (QED) is 0.501. The standard InChI is InChI=1S/C22H22N2O4/c1-28-17-8-4-5-15(13-17)19-18(20(25)14-9-11-23-12-10-14)21(26)22(27)24(19)16-6-2-3-7-16/h4-5,8-13,16,19,25H,2-3,6-7H2,1H3/b20-18-. The van der Waals surface area contributed by atoms with Gasteiger partial charge in [-0.1, -0.05) is 25.0 Å². The number of hydrogen-bond acceptors (Lipinski definition) is 5. The van der Waals surface area contributed by atoms with E-state index in [-0.39, 0.29) is 17.4 Å². The van der Waals surface area contributed by atoms with E-state index < -0.39 is 17.7 Å². The molecule has 1 aromatic carbocycles. The van der Waals surface area contributed by atoms with Crippen LogP contribution in [0.4, 0.5) is 0 Å². The first-order valence-electron chi connectivity index (χ1n) is 9.46. The van der Waals surface area contributed by atoms with Crippen LogP contribution in [0.5, 0.6) is 5.75 Å². The summed E-state index contributed by atoms with van der Waals surface area (Å²) in [6.07, 6.45) is 6.88. The Balaban J connectivity index is 1.89. The number of carbonyl (C=O) groups excluding carboxylic acids is 2. The molecule has 4 rings (SSSR count). The fourth-order valence-corrected chi connectivity index (χ4v) is 4.21. The second-order valence-corrected chi connectivity index (χ2v) is 7.16. The van der Waals surface area contributed by atoms with Crippen LogP contribution in [-0.4, -0.2) is 39.8 Å². The van der Waals surface area contributed by atoms with Gasteiger partial charge in [0.2, 0.25) is 0 Å². The van der Waals surface area contributed by atoms with Crippen LogP contribution in [0.15, 0.2) is 54.4 Å². The smallest absolute Gasteiger partial charge is 0.295 e. The van der Waals surface area contributed by atoms with E-state index in [0.29, 0.717) is 11.3 Å². The van der Waals surface area contributed by atoms with E-state index in [0.717, 1.165) is 31.2 Å². The summed E-state index contributed by atoms with van der Waals surface area (Å²) in [5.74, 6) is -0.725. The van der Waals surface area contributed by atoms with Gasteiger partial charge in [-0.25, -0.2) is 0 Å². The molecule has 1 unspecified atom stereocenters. The first kappa shape index (κ1) is 18.2. The predicted molar refractivity (Wildman–Crippen MR) is 104 cm³/mol. The Morgan fingerprint density at radius 1 is 1.14 bits per heavy atom. The van der Waals surface area contributed by atoms with Crippen molar-refractivity contribution in [2.75, 3.05) is 7.11 Å². The number of amides is 1. The topological polar surface area (TPSA) is 79.7 Å². The number of aliphatic hydroxyl groups excluding tert-OH is 1. The molecular weight excluding hydrogens is 356 g/mol. The molecule has 28 heavy (non-hydrogen) atoms. The van der Waals surface area contributed by atoms with Crippen LogP contribution in [0.25, 0.3) is 5.76 Å². The molecule has 0 spiro atoms. The molecule has 2 heterocycles. The van der Waals surface area contributed by atoms with Gasteiger partial charge in [0, 0.05) is 24.0 Å². The zero-order chi connectivity index (χ0) is 19.7. The van der Waals surface area contributed by atoms with Crippen LogP contribution in [0.2, 0.25) is 0 Å². The van der Waals surface area contributed by atoms with Crippen molar-refractivity contribution in [3.8, 4) is 5.75 Å². The number of ether oxygens (including phenoxy) is 1. The third-order valence-corrected chi connectivity index (χ3v) is 5.56. The molecule has 6 heteroatoms. The number of pyridine rings is 1. The third-order valence-electron chi connectivity index (χ3n) is 5.56. The molecule has 6 nitrogen and oxygen atoms in total. The molecule has 144 valence electrons. The summed E-state index contributed by atoms with van der Waals surface area (Å²) >= 11 is 0. The lowest BCUT2D eigenvalue weighted by molar-refractivity contribution is -0.141. The van der Waals surface area contributed by atoms with Gasteiger partial charge in [-0.05, 0) is 42.7 Å². The SMILES string of the molecule is COc1cccc(C2/C(=C(/O)c3ccncc3)C(=O)C(=O)N2C2CCCC2)c1. The van der Waals surface area contributed by atoms with Crippen LogP contribution < -0.4 is 4.74 Å². The molecule has 1 aliphatic carbocycles. The lowest BCUT2D eigenvalue weighted by Crippen LogP contribution is -2.37. The highest BCUT2D eigenvalue weighted by Gasteiger charge is 2.49. The van der Waals surface area contributed by atoms with Gasteiger partial charge in [-0.3, -0.25) is 14.6 Å². The Morgan fingerprint density at radius 2 is 1.86 bits per heavy atom. The molecule has 2 aromatic rings. The number of rotatable bonds is 4. The summed E-state index contributed by atoms with van der Waals surface area (Å²) in [5.41, 5.74) is 1.34. The number of likely N-dealkylation sites (tertiary alicyclic amines) is 1. The van der Waals surface area contributed by atoms with Crippen LogP contribution in [-0.2, 0) is 9.59 Å². The van der Waals surface area contributed by atoms with E-state index in [1.807, 2.05) is 24.3 Å². The molecule has 1 aromatic heterocycles. The van der Waals surface area contributed by atoms with E-state index in [2.05, 4.69) is 4.98 Å². The minimum absolute atomic E-state index is 0.00427. The summed E-state index contributed by atoms with van der Waals surface area (Å²) in [6, 6.07) is 9.94. The number of carbonyl (C=O) groups is 2. The van der Waals surface area contributed by atoms with Crippen LogP contribution in [0.3, 0.4) is 0 Å². The summed E-state index contributed by atoms with van der Waals surface area (Å²) in [7, 11) is 1.57. The Kier molecular flexibility index (Phi) is 4.86. The molecule has 0 radical (unpaired) electrons. The first-order valence-corrected chi connectivity index (χ1v) is 9.46. The molecule has 1 N–H and O–H groups in total. The fourth-order valence-electron chi connectivity index (χ4n) is 4.21. The molecule has 2 fully saturated rings. The Bertz CT molecular complexity index is 933. The maximum absolute atomic E-state index is 13.0. The van der Waals surface area contributed by atoms with E-state index >= 15 is 0 Å². The maximum atomic E-state index is 13.0. The molecule has 0 bridgehead atoms. The van der Waals surface area contributed by atoms with E-state index in [1.54, 1.807) is 36.5 Å². The number of methoxy groups -OCH3 is 1. The van der Waals surface area contributed by atoms with Gasteiger partial charge >= 0.3 is 0 Å².